The van der Waals surface area contributed by atoms with E-state index in [0.717, 1.165) is 6.42 Å². The SMILES string of the molecule is C[C@@H](O)CNC(=O)C1(N)C2CCOC2C1(C)C. The molecule has 0 aromatic heterocycles. The Morgan fingerprint density at radius 2 is 2.29 bits per heavy atom. The van der Waals surface area contributed by atoms with E-state index in [0.29, 0.717) is 6.61 Å². The van der Waals surface area contributed by atoms with Crippen molar-refractivity contribution in [3.8, 4) is 0 Å². The molecule has 98 valence electrons. The molecule has 4 N–H and O–H groups in total. The monoisotopic (exact) mass is 242 g/mol. The average Bonchev–Trinajstić information content (AvgIpc) is 2.72. The number of aliphatic hydroxyl groups excluding tert-OH is 1. The number of nitrogens with one attached hydrogen (secondary N) is 1. The average molecular weight is 242 g/mol. The third-order valence-corrected chi connectivity index (χ3v) is 4.39. The maximum Gasteiger partial charge on any atom is 0.241 e. The molecule has 17 heavy (non-hydrogen) atoms. The van der Waals surface area contributed by atoms with Gasteiger partial charge in [-0.3, -0.25) is 4.79 Å². The second-order valence-electron chi connectivity index (χ2n) is 5.84. The third-order valence-electron chi connectivity index (χ3n) is 4.39. The second kappa shape index (κ2) is 3.93. The molecule has 3 unspecified atom stereocenters. The van der Waals surface area contributed by atoms with Crippen LogP contribution in [0.3, 0.4) is 0 Å². The van der Waals surface area contributed by atoms with Crippen LogP contribution in [0.5, 0.6) is 0 Å². The standard InChI is InChI=1S/C12H22N2O3/c1-7(15)6-14-10(16)12(13)8-4-5-17-9(8)11(12,2)3/h7-9,15H,4-6,13H2,1-3H3,(H,14,16)/t7-,8?,9?,12?/m1/s1. The van der Waals surface area contributed by atoms with Crippen molar-refractivity contribution in [2.24, 2.45) is 17.1 Å². The van der Waals surface area contributed by atoms with E-state index in [9.17, 15) is 9.90 Å². The van der Waals surface area contributed by atoms with Crippen LogP contribution >= 0.6 is 0 Å². The molecule has 1 heterocycles. The Labute approximate surface area is 102 Å². The Kier molecular flexibility index (Phi) is 2.96. The predicted molar refractivity (Wildman–Crippen MR) is 63.2 cm³/mol. The van der Waals surface area contributed by atoms with Gasteiger partial charge in [-0.2, -0.15) is 0 Å². The maximum absolute atomic E-state index is 12.2. The Bertz CT molecular complexity index is 330. The van der Waals surface area contributed by atoms with Gasteiger partial charge in [0.15, 0.2) is 0 Å². The molecule has 2 aliphatic rings. The fraction of sp³-hybridized carbons (Fsp3) is 0.917. The Morgan fingerprint density at radius 3 is 2.88 bits per heavy atom. The van der Waals surface area contributed by atoms with Crippen molar-refractivity contribution in [3.05, 3.63) is 0 Å². The van der Waals surface area contributed by atoms with Crippen molar-refractivity contribution in [3.63, 3.8) is 0 Å². The Balaban J connectivity index is 2.10. The summed E-state index contributed by atoms with van der Waals surface area (Å²) in [5.74, 6) is -0.0679. The molecular weight excluding hydrogens is 220 g/mol. The molecule has 1 aliphatic carbocycles. The minimum Gasteiger partial charge on any atom is -0.392 e. The van der Waals surface area contributed by atoms with Crippen LogP contribution in [0.25, 0.3) is 0 Å². The first kappa shape index (κ1) is 12.8. The number of rotatable bonds is 3. The summed E-state index contributed by atoms with van der Waals surface area (Å²) >= 11 is 0. The zero-order valence-corrected chi connectivity index (χ0v) is 10.7. The zero-order chi connectivity index (χ0) is 12.8. The van der Waals surface area contributed by atoms with Crippen molar-refractivity contribution >= 4 is 5.91 Å². The number of nitrogens with two attached hydrogens (primary N) is 1. The Morgan fingerprint density at radius 1 is 1.65 bits per heavy atom. The largest absolute Gasteiger partial charge is 0.392 e. The molecule has 1 saturated carbocycles. The number of fused-ring (bicyclic) bond motifs is 1. The normalized spacial score (nSPS) is 40.3. The summed E-state index contributed by atoms with van der Waals surface area (Å²) in [6, 6.07) is 0. The van der Waals surface area contributed by atoms with Gasteiger partial charge in [-0.1, -0.05) is 13.8 Å². The minimum atomic E-state index is -0.872. The Hall–Kier alpha value is -0.650. The lowest BCUT2D eigenvalue weighted by atomic mass is 9.48. The quantitative estimate of drug-likeness (QED) is 0.630. The van der Waals surface area contributed by atoms with E-state index in [1.807, 2.05) is 13.8 Å². The van der Waals surface area contributed by atoms with E-state index in [1.165, 1.54) is 0 Å². The number of aliphatic hydroxyl groups is 1. The molecule has 0 aromatic rings. The fourth-order valence-corrected chi connectivity index (χ4v) is 3.23. The predicted octanol–water partition coefficient (Wildman–Crippen LogP) is -0.374. The highest BCUT2D eigenvalue weighted by atomic mass is 16.5. The van der Waals surface area contributed by atoms with E-state index in [2.05, 4.69) is 5.32 Å². The van der Waals surface area contributed by atoms with Gasteiger partial charge in [-0.05, 0) is 13.3 Å². The van der Waals surface area contributed by atoms with Crippen LogP contribution in [-0.4, -0.2) is 41.9 Å². The van der Waals surface area contributed by atoms with Gasteiger partial charge >= 0.3 is 0 Å². The third kappa shape index (κ3) is 1.60. The number of hydrogen-bond donors (Lipinski definition) is 3. The van der Waals surface area contributed by atoms with Crippen LogP contribution in [0.4, 0.5) is 0 Å². The van der Waals surface area contributed by atoms with Crippen LogP contribution in [0.1, 0.15) is 27.2 Å². The minimum absolute atomic E-state index is 0.0878. The highest BCUT2D eigenvalue weighted by molar-refractivity contribution is 5.89. The first-order valence-electron chi connectivity index (χ1n) is 6.18. The lowest BCUT2D eigenvalue weighted by Crippen LogP contribution is -2.80. The molecule has 0 aromatic carbocycles. The van der Waals surface area contributed by atoms with Crippen molar-refractivity contribution in [1.82, 2.24) is 5.32 Å². The first-order chi connectivity index (χ1) is 7.81. The summed E-state index contributed by atoms with van der Waals surface area (Å²) in [5, 5.41) is 11.9. The molecule has 0 spiro atoms. The van der Waals surface area contributed by atoms with Gasteiger partial charge in [-0.25, -0.2) is 0 Å². The van der Waals surface area contributed by atoms with Crippen LogP contribution in [0.2, 0.25) is 0 Å². The molecule has 0 bridgehead atoms. The van der Waals surface area contributed by atoms with E-state index < -0.39 is 11.6 Å². The van der Waals surface area contributed by atoms with Gasteiger partial charge in [0.1, 0.15) is 5.54 Å². The van der Waals surface area contributed by atoms with E-state index in [-0.39, 0.29) is 29.9 Å². The fourth-order valence-electron chi connectivity index (χ4n) is 3.23. The lowest BCUT2D eigenvalue weighted by Gasteiger charge is -2.60. The van der Waals surface area contributed by atoms with Crippen molar-refractivity contribution < 1.29 is 14.6 Å². The topological polar surface area (TPSA) is 84.6 Å². The van der Waals surface area contributed by atoms with Crippen molar-refractivity contribution in [1.29, 1.82) is 0 Å². The summed E-state index contributed by atoms with van der Waals surface area (Å²) < 4.78 is 5.63. The summed E-state index contributed by atoms with van der Waals surface area (Å²) in [6.45, 7) is 6.51. The number of hydrogen-bond acceptors (Lipinski definition) is 4. The molecule has 2 fully saturated rings. The molecule has 2 rings (SSSR count). The highest BCUT2D eigenvalue weighted by Gasteiger charge is 2.71. The number of carbonyl (C=O) groups excluding carboxylic acids is 1. The molecule has 1 amide bonds. The number of carbonyl (C=O) groups is 1. The van der Waals surface area contributed by atoms with Gasteiger partial charge in [0.05, 0.1) is 12.2 Å². The summed E-state index contributed by atoms with van der Waals surface area (Å²) in [6.07, 6.45) is 0.373. The molecule has 1 aliphatic heterocycles. The van der Waals surface area contributed by atoms with Crippen LogP contribution in [0, 0.1) is 11.3 Å². The number of ether oxygens (including phenoxy) is 1. The van der Waals surface area contributed by atoms with E-state index in [1.54, 1.807) is 6.92 Å². The van der Waals surface area contributed by atoms with Crippen LogP contribution in [-0.2, 0) is 9.53 Å². The molecule has 0 radical (unpaired) electrons. The van der Waals surface area contributed by atoms with Crippen LogP contribution < -0.4 is 11.1 Å². The zero-order valence-electron chi connectivity index (χ0n) is 10.7. The van der Waals surface area contributed by atoms with Crippen molar-refractivity contribution in [2.45, 2.75) is 44.9 Å². The lowest BCUT2D eigenvalue weighted by molar-refractivity contribution is -0.175. The van der Waals surface area contributed by atoms with E-state index >= 15 is 0 Å². The summed E-state index contributed by atoms with van der Waals surface area (Å²) in [5.41, 5.74) is 5.10. The number of amides is 1. The summed E-state index contributed by atoms with van der Waals surface area (Å²) in [4.78, 5) is 12.2. The van der Waals surface area contributed by atoms with Gasteiger partial charge in [0.25, 0.3) is 0 Å². The molecule has 4 atom stereocenters. The molecule has 5 nitrogen and oxygen atoms in total. The highest BCUT2D eigenvalue weighted by Crippen LogP contribution is 2.58. The van der Waals surface area contributed by atoms with Gasteiger partial charge in [0.2, 0.25) is 5.91 Å². The van der Waals surface area contributed by atoms with Crippen molar-refractivity contribution in [2.75, 3.05) is 13.2 Å². The molecule has 1 saturated heterocycles. The van der Waals surface area contributed by atoms with E-state index in [4.69, 9.17) is 10.5 Å². The van der Waals surface area contributed by atoms with Gasteiger partial charge in [-0.15, -0.1) is 0 Å². The van der Waals surface area contributed by atoms with Gasteiger partial charge < -0.3 is 20.9 Å². The molecule has 5 heteroatoms. The first-order valence-corrected chi connectivity index (χ1v) is 6.18. The second-order valence-corrected chi connectivity index (χ2v) is 5.84. The smallest absolute Gasteiger partial charge is 0.241 e. The molecular formula is C12H22N2O3. The van der Waals surface area contributed by atoms with Gasteiger partial charge in [0, 0.05) is 24.5 Å². The van der Waals surface area contributed by atoms with Crippen LogP contribution in [0.15, 0.2) is 0 Å². The maximum atomic E-state index is 12.2. The summed E-state index contributed by atoms with van der Waals surface area (Å²) in [7, 11) is 0.